The van der Waals surface area contributed by atoms with Crippen molar-refractivity contribution in [1.82, 2.24) is 4.57 Å². The third kappa shape index (κ3) is 3.02. The minimum absolute atomic E-state index is 0.0140. The quantitative estimate of drug-likeness (QED) is 0.941. The maximum Gasteiger partial charge on any atom is 0.341 e. The van der Waals surface area contributed by atoms with Gasteiger partial charge in [0.1, 0.15) is 11.4 Å². The van der Waals surface area contributed by atoms with Gasteiger partial charge in [0.25, 0.3) is 5.56 Å². The van der Waals surface area contributed by atoms with Gasteiger partial charge in [-0.05, 0) is 24.1 Å². The normalized spacial score (nSPS) is 10.9. The lowest BCUT2D eigenvalue weighted by molar-refractivity contribution is 0.0694. The van der Waals surface area contributed by atoms with Gasteiger partial charge in [0.05, 0.1) is 6.54 Å². The summed E-state index contributed by atoms with van der Waals surface area (Å²) in [5.41, 5.74) is 0.102. The number of nitrogens with zero attached hydrogens (tertiary/aromatic N) is 1. The zero-order valence-corrected chi connectivity index (χ0v) is 11.8. The molecule has 110 valence electrons. The van der Waals surface area contributed by atoms with Crippen LogP contribution in [0.4, 0.5) is 4.39 Å². The average Bonchev–Trinajstić information content (AvgIpc) is 2.42. The van der Waals surface area contributed by atoms with Gasteiger partial charge in [-0.15, -0.1) is 0 Å². The van der Waals surface area contributed by atoms with Crippen LogP contribution in [0.5, 0.6) is 0 Å². The summed E-state index contributed by atoms with van der Waals surface area (Å²) >= 11 is 0. The smallest absolute Gasteiger partial charge is 0.341 e. The van der Waals surface area contributed by atoms with Crippen molar-refractivity contribution in [3.63, 3.8) is 0 Å². The number of pyridine rings is 1. The molecule has 0 atom stereocenters. The zero-order chi connectivity index (χ0) is 15.6. The molecule has 0 aliphatic carbocycles. The van der Waals surface area contributed by atoms with Gasteiger partial charge in [-0.2, -0.15) is 0 Å². The topological polar surface area (TPSA) is 59.3 Å². The Morgan fingerprint density at radius 1 is 1.24 bits per heavy atom. The molecule has 2 rings (SSSR count). The van der Waals surface area contributed by atoms with Crippen LogP contribution in [0.2, 0.25) is 0 Å². The van der Waals surface area contributed by atoms with Crippen LogP contribution in [-0.4, -0.2) is 15.6 Å². The highest BCUT2D eigenvalue weighted by atomic mass is 19.1. The first-order valence-corrected chi connectivity index (χ1v) is 6.62. The predicted molar refractivity (Wildman–Crippen MR) is 77.3 cm³/mol. The number of carboxylic acid groups (broad SMARTS) is 1. The van der Waals surface area contributed by atoms with E-state index in [9.17, 15) is 14.0 Å². The summed E-state index contributed by atoms with van der Waals surface area (Å²) in [7, 11) is 0. The molecule has 0 amide bonds. The van der Waals surface area contributed by atoms with E-state index in [4.69, 9.17) is 5.11 Å². The van der Waals surface area contributed by atoms with E-state index < -0.39 is 17.3 Å². The van der Waals surface area contributed by atoms with E-state index in [2.05, 4.69) is 0 Å². The molecule has 1 N–H and O–H groups in total. The summed E-state index contributed by atoms with van der Waals surface area (Å²) in [6.07, 6.45) is 0. The van der Waals surface area contributed by atoms with Crippen molar-refractivity contribution in [3.05, 3.63) is 69.4 Å². The van der Waals surface area contributed by atoms with Gasteiger partial charge in [-0.25, -0.2) is 9.18 Å². The monoisotopic (exact) mass is 289 g/mol. The number of hydrogen-bond acceptors (Lipinski definition) is 2. The van der Waals surface area contributed by atoms with E-state index in [1.807, 2.05) is 13.8 Å². The third-order valence-corrected chi connectivity index (χ3v) is 3.32. The fourth-order valence-electron chi connectivity index (χ4n) is 2.22. The van der Waals surface area contributed by atoms with Crippen molar-refractivity contribution >= 4 is 5.97 Å². The van der Waals surface area contributed by atoms with Crippen molar-refractivity contribution in [2.24, 2.45) is 0 Å². The molecule has 21 heavy (non-hydrogen) atoms. The van der Waals surface area contributed by atoms with Gasteiger partial charge >= 0.3 is 5.97 Å². The van der Waals surface area contributed by atoms with Crippen LogP contribution in [-0.2, 0) is 6.54 Å². The minimum atomic E-state index is -1.28. The Labute approximate surface area is 121 Å². The van der Waals surface area contributed by atoms with Crippen LogP contribution in [0.1, 0.15) is 41.4 Å². The standard InChI is InChI=1S/C16H16FNO3/c1-10(2)14-8-7-12(16(20)21)15(19)18(14)9-11-5-3-4-6-13(11)17/h3-8,10H,9H2,1-2H3,(H,20,21). The molecule has 1 heterocycles. The second kappa shape index (κ2) is 5.91. The lowest BCUT2D eigenvalue weighted by atomic mass is 10.1. The summed E-state index contributed by atoms with van der Waals surface area (Å²) in [5, 5.41) is 9.05. The largest absolute Gasteiger partial charge is 0.477 e. The first-order chi connectivity index (χ1) is 9.91. The number of benzene rings is 1. The zero-order valence-electron chi connectivity index (χ0n) is 11.8. The molecule has 0 aliphatic heterocycles. The second-order valence-corrected chi connectivity index (χ2v) is 5.11. The van der Waals surface area contributed by atoms with Gasteiger partial charge < -0.3 is 9.67 Å². The highest BCUT2D eigenvalue weighted by Gasteiger charge is 2.16. The molecular formula is C16H16FNO3. The molecule has 1 aromatic heterocycles. The number of carbonyl (C=O) groups is 1. The molecule has 1 aromatic carbocycles. The van der Waals surface area contributed by atoms with Crippen molar-refractivity contribution in [1.29, 1.82) is 0 Å². The van der Waals surface area contributed by atoms with Crippen molar-refractivity contribution in [2.45, 2.75) is 26.3 Å². The van der Waals surface area contributed by atoms with Gasteiger partial charge in [-0.1, -0.05) is 32.0 Å². The maximum atomic E-state index is 13.8. The SMILES string of the molecule is CC(C)c1ccc(C(=O)O)c(=O)n1Cc1ccccc1F. The lowest BCUT2D eigenvalue weighted by Gasteiger charge is -2.16. The molecule has 0 unspecified atom stereocenters. The van der Waals surface area contributed by atoms with E-state index in [1.165, 1.54) is 16.7 Å². The molecule has 0 radical (unpaired) electrons. The Kier molecular flexibility index (Phi) is 4.21. The number of carboxylic acids is 1. The molecule has 2 aromatic rings. The van der Waals surface area contributed by atoms with E-state index in [1.54, 1.807) is 24.3 Å². The lowest BCUT2D eigenvalue weighted by Crippen LogP contribution is -2.29. The fraction of sp³-hybridized carbons (Fsp3) is 0.250. The summed E-state index contributed by atoms with van der Waals surface area (Å²) < 4.78 is 15.1. The Morgan fingerprint density at radius 3 is 2.48 bits per heavy atom. The molecule has 0 fully saturated rings. The molecule has 4 nitrogen and oxygen atoms in total. The van der Waals surface area contributed by atoms with Gasteiger partial charge in [-0.3, -0.25) is 4.79 Å². The highest BCUT2D eigenvalue weighted by Crippen LogP contribution is 2.16. The summed E-state index contributed by atoms with van der Waals surface area (Å²) in [5.74, 6) is -1.68. The number of aromatic carboxylic acids is 1. The van der Waals surface area contributed by atoms with Crippen molar-refractivity contribution < 1.29 is 14.3 Å². The third-order valence-electron chi connectivity index (χ3n) is 3.32. The molecule has 0 saturated heterocycles. The maximum absolute atomic E-state index is 13.8. The average molecular weight is 289 g/mol. The van der Waals surface area contributed by atoms with Crippen LogP contribution in [0, 0.1) is 5.82 Å². The van der Waals surface area contributed by atoms with Crippen molar-refractivity contribution in [3.8, 4) is 0 Å². The van der Waals surface area contributed by atoms with Crippen LogP contribution in [0.3, 0.4) is 0 Å². The number of halogens is 1. The van der Waals surface area contributed by atoms with Gasteiger partial charge in [0.2, 0.25) is 0 Å². The summed E-state index contributed by atoms with van der Waals surface area (Å²) in [6, 6.07) is 9.06. The molecule has 0 saturated carbocycles. The molecule has 0 bridgehead atoms. The Balaban J connectivity index is 2.60. The van der Waals surface area contributed by atoms with Gasteiger partial charge in [0, 0.05) is 11.3 Å². The Hall–Kier alpha value is -2.43. The molecule has 0 aliphatic rings. The fourth-order valence-corrected chi connectivity index (χ4v) is 2.22. The van der Waals surface area contributed by atoms with Gasteiger partial charge in [0.15, 0.2) is 0 Å². The second-order valence-electron chi connectivity index (χ2n) is 5.11. The van der Waals surface area contributed by atoms with E-state index in [0.29, 0.717) is 11.3 Å². The Morgan fingerprint density at radius 2 is 1.90 bits per heavy atom. The van der Waals surface area contributed by atoms with Crippen molar-refractivity contribution in [2.75, 3.05) is 0 Å². The first kappa shape index (κ1) is 15.0. The summed E-state index contributed by atoms with van der Waals surface area (Å²) in [4.78, 5) is 23.4. The van der Waals surface area contributed by atoms with Crippen LogP contribution in [0.25, 0.3) is 0 Å². The molecular weight excluding hydrogens is 273 g/mol. The summed E-state index contributed by atoms with van der Waals surface area (Å²) in [6.45, 7) is 3.81. The highest BCUT2D eigenvalue weighted by molar-refractivity contribution is 5.87. The molecule has 5 heteroatoms. The number of aromatic nitrogens is 1. The predicted octanol–water partition coefficient (Wildman–Crippen LogP) is 2.86. The van der Waals surface area contributed by atoms with E-state index in [-0.39, 0.29) is 18.0 Å². The number of hydrogen-bond donors (Lipinski definition) is 1. The minimum Gasteiger partial charge on any atom is -0.477 e. The Bertz CT molecular complexity index is 735. The van der Waals surface area contributed by atoms with E-state index in [0.717, 1.165) is 0 Å². The van der Waals surface area contributed by atoms with Crippen LogP contribution in [0.15, 0.2) is 41.2 Å². The molecule has 0 spiro atoms. The van der Waals surface area contributed by atoms with E-state index >= 15 is 0 Å². The van der Waals surface area contributed by atoms with Crippen LogP contribution < -0.4 is 5.56 Å². The first-order valence-electron chi connectivity index (χ1n) is 6.62. The van der Waals surface area contributed by atoms with Crippen LogP contribution >= 0.6 is 0 Å². The number of rotatable bonds is 4.